The molecule has 0 aliphatic rings. The molecule has 2 N–H and O–H groups in total. The number of amides is 2. The number of carbonyl (C=O) groups is 2. The van der Waals surface area contributed by atoms with Crippen molar-refractivity contribution in [1.29, 1.82) is 0 Å². The van der Waals surface area contributed by atoms with Crippen LogP contribution >= 0.6 is 15.9 Å². The molecule has 0 heterocycles. The minimum absolute atomic E-state index is 0.0972. The van der Waals surface area contributed by atoms with E-state index in [1.54, 1.807) is 24.3 Å². The van der Waals surface area contributed by atoms with Gasteiger partial charge < -0.3 is 10.6 Å². The van der Waals surface area contributed by atoms with E-state index in [4.69, 9.17) is 0 Å². The van der Waals surface area contributed by atoms with Gasteiger partial charge in [0, 0.05) is 22.6 Å². The first kappa shape index (κ1) is 16.2. The summed E-state index contributed by atoms with van der Waals surface area (Å²) in [7, 11) is 0. The van der Waals surface area contributed by atoms with Crippen molar-refractivity contribution in [3.8, 4) is 0 Å². The fourth-order valence-corrected chi connectivity index (χ4v) is 2.46. The molecule has 4 nitrogen and oxygen atoms in total. The lowest BCUT2D eigenvalue weighted by Crippen LogP contribution is -2.26. The zero-order chi connectivity index (χ0) is 16.1. The quantitative estimate of drug-likeness (QED) is 0.868. The van der Waals surface area contributed by atoms with Gasteiger partial charge in [0.25, 0.3) is 5.91 Å². The number of carbonyl (C=O) groups excluding carboxylic acids is 2. The Morgan fingerprint density at radius 1 is 1.09 bits per heavy atom. The van der Waals surface area contributed by atoms with Crippen LogP contribution in [-0.2, 0) is 4.79 Å². The summed E-state index contributed by atoms with van der Waals surface area (Å²) in [6, 6.07) is 14.5. The smallest absolute Gasteiger partial charge is 0.251 e. The second-order valence-corrected chi connectivity index (χ2v) is 5.92. The molecule has 2 aromatic carbocycles. The molecule has 0 bridgehead atoms. The van der Waals surface area contributed by atoms with Crippen molar-refractivity contribution < 1.29 is 9.59 Å². The highest BCUT2D eigenvalue weighted by atomic mass is 79.9. The fraction of sp³-hybridized carbons (Fsp3) is 0.176. The average Bonchev–Trinajstić information content (AvgIpc) is 2.47. The van der Waals surface area contributed by atoms with E-state index >= 15 is 0 Å². The Morgan fingerprint density at radius 3 is 2.36 bits per heavy atom. The summed E-state index contributed by atoms with van der Waals surface area (Å²) < 4.78 is 0.978. The van der Waals surface area contributed by atoms with Gasteiger partial charge in [-0.05, 0) is 48.9 Å². The third-order valence-electron chi connectivity index (χ3n) is 3.16. The van der Waals surface area contributed by atoms with Crippen molar-refractivity contribution in [1.82, 2.24) is 5.32 Å². The van der Waals surface area contributed by atoms with Gasteiger partial charge in [0.05, 0.1) is 6.04 Å². The maximum atomic E-state index is 12.2. The van der Waals surface area contributed by atoms with Crippen molar-refractivity contribution in [2.75, 3.05) is 5.32 Å². The summed E-state index contributed by atoms with van der Waals surface area (Å²) in [6.07, 6.45) is 0. The molecule has 5 heteroatoms. The van der Waals surface area contributed by atoms with E-state index in [1.165, 1.54) is 6.92 Å². The molecule has 0 aliphatic heterocycles. The maximum Gasteiger partial charge on any atom is 0.251 e. The van der Waals surface area contributed by atoms with E-state index in [2.05, 4.69) is 26.6 Å². The topological polar surface area (TPSA) is 58.2 Å². The largest absolute Gasteiger partial charge is 0.346 e. The van der Waals surface area contributed by atoms with Gasteiger partial charge in [0.15, 0.2) is 0 Å². The zero-order valence-corrected chi connectivity index (χ0v) is 14.0. The zero-order valence-electron chi connectivity index (χ0n) is 12.4. The van der Waals surface area contributed by atoms with Gasteiger partial charge in [-0.25, -0.2) is 0 Å². The highest BCUT2D eigenvalue weighted by Gasteiger charge is 2.11. The number of benzene rings is 2. The van der Waals surface area contributed by atoms with Gasteiger partial charge in [0.1, 0.15) is 0 Å². The molecule has 22 heavy (non-hydrogen) atoms. The normalized spacial score (nSPS) is 11.6. The predicted octanol–water partition coefficient (Wildman–Crippen LogP) is 3.90. The predicted molar refractivity (Wildman–Crippen MR) is 90.8 cm³/mol. The Bertz CT molecular complexity index is 683. The van der Waals surface area contributed by atoms with E-state index < -0.39 is 0 Å². The lowest BCUT2D eigenvalue weighted by molar-refractivity contribution is -0.114. The van der Waals surface area contributed by atoms with Crippen LogP contribution in [0.2, 0.25) is 0 Å². The van der Waals surface area contributed by atoms with Crippen LogP contribution in [-0.4, -0.2) is 11.8 Å². The number of nitrogens with one attached hydrogen (secondary N) is 2. The molecular weight excluding hydrogens is 344 g/mol. The maximum absolute atomic E-state index is 12.2. The molecule has 1 unspecified atom stereocenters. The van der Waals surface area contributed by atoms with Gasteiger partial charge in [0.2, 0.25) is 5.91 Å². The molecule has 114 valence electrons. The van der Waals surface area contributed by atoms with Crippen LogP contribution in [0.1, 0.15) is 35.8 Å². The number of halogens is 1. The third kappa shape index (κ3) is 4.43. The number of hydrogen-bond donors (Lipinski definition) is 2. The molecular formula is C17H17BrN2O2. The second-order valence-electron chi connectivity index (χ2n) is 5.01. The van der Waals surface area contributed by atoms with Crippen molar-refractivity contribution >= 4 is 33.4 Å². The molecule has 0 spiro atoms. The standard InChI is InChI=1S/C17H17BrN2O2/c1-11(14-4-3-5-15(18)10-14)19-17(22)13-6-8-16(9-7-13)20-12(2)21/h3-11H,1-2H3,(H,19,22)(H,20,21). The number of rotatable bonds is 4. The highest BCUT2D eigenvalue weighted by molar-refractivity contribution is 9.10. The summed E-state index contributed by atoms with van der Waals surface area (Å²) in [5, 5.41) is 5.62. The summed E-state index contributed by atoms with van der Waals surface area (Å²) in [5.41, 5.74) is 2.25. The first-order valence-electron chi connectivity index (χ1n) is 6.89. The minimum atomic E-state index is -0.151. The van der Waals surface area contributed by atoms with E-state index in [0.717, 1.165) is 10.0 Å². The Balaban J connectivity index is 2.04. The lowest BCUT2D eigenvalue weighted by atomic mass is 10.1. The molecule has 0 aromatic heterocycles. The van der Waals surface area contributed by atoms with E-state index in [0.29, 0.717) is 11.3 Å². The van der Waals surface area contributed by atoms with E-state index in [-0.39, 0.29) is 17.9 Å². The summed E-state index contributed by atoms with van der Waals surface area (Å²) in [4.78, 5) is 23.2. The van der Waals surface area contributed by atoms with Gasteiger partial charge in [-0.1, -0.05) is 28.1 Å². The van der Waals surface area contributed by atoms with Crippen molar-refractivity contribution in [3.05, 3.63) is 64.1 Å². The fourth-order valence-electron chi connectivity index (χ4n) is 2.05. The average molecular weight is 361 g/mol. The SMILES string of the molecule is CC(=O)Nc1ccc(C(=O)NC(C)c2cccc(Br)c2)cc1. The van der Waals surface area contributed by atoms with Gasteiger partial charge in [-0.3, -0.25) is 9.59 Å². The number of hydrogen-bond acceptors (Lipinski definition) is 2. The molecule has 2 rings (SSSR count). The van der Waals surface area contributed by atoms with Crippen molar-refractivity contribution in [2.24, 2.45) is 0 Å². The second kappa shape index (κ2) is 7.22. The first-order chi connectivity index (χ1) is 10.5. The third-order valence-corrected chi connectivity index (χ3v) is 3.66. The van der Waals surface area contributed by atoms with Crippen LogP contribution in [0, 0.1) is 0 Å². The summed E-state index contributed by atoms with van der Waals surface area (Å²) in [6.45, 7) is 3.38. The monoisotopic (exact) mass is 360 g/mol. The van der Waals surface area contributed by atoms with E-state index in [1.807, 2.05) is 31.2 Å². The number of anilines is 1. The van der Waals surface area contributed by atoms with Crippen molar-refractivity contribution in [3.63, 3.8) is 0 Å². The first-order valence-corrected chi connectivity index (χ1v) is 7.69. The van der Waals surface area contributed by atoms with E-state index in [9.17, 15) is 9.59 Å². The molecule has 0 aliphatic carbocycles. The molecule has 0 fully saturated rings. The molecule has 2 aromatic rings. The lowest BCUT2D eigenvalue weighted by Gasteiger charge is -2.15. The Hall–Kier alpha value is -2.14. The van der Waals surface area contributed by atoms with Crippen LogP contribution in [0.5, 0.6) is 0 Å². The molecule has 0 saturated heterocycles. The Labute approximate surface area is 138 Å². The van der Waals surface area contributed by atoms with Gasteiger partial charge in [-0.15, -0.1) is 0 Å². The Kier molecular flexibility index (Phi) is 5.33. The van der Waals surface area contributed by atoms with Crippen LogP contribution in [0.4, 0.5) is 5.69 Å². The Morgan fingerprint density at radius 2 is 1.77 bits per heavy atom. The van der Waals surface area contributed by atoms with Crippen LogP contribution < -0.4 is 10.6 Å². The van der Waals surface area contributed by atoms with Crippen LogP contribution in [0.15, 0.2) is 53.0 Å². The molecule has 1 atom stereocenters. The van der Waals surface area contributed by atoms with Crippen molar-refractivity contribution in [2.45, 2.75) is 19.9 Å². The summed E-state index contributed by atoms with van der Waals surface area (Å²) >= 11 is 3.42. The highest BCUT2D eigenvalue weighted by Crippen LogP contribution is 2.18. The minimum Gasteiger partial charge on any atom is -0.346 e. The van der Waals surface area contributed by atoms with Crippen LogP contribution in [0.25, 0.3) is 0 Å². The molecule has 0 radical (unpaired) electrons. The van der Waals surface area contributed by atoms with Gasteiger partial charge in [-0.2, -0.15) is 0 Å². The van der Waals surface area contributed by atoms with Gasteiger partial charge >= 0.3 is 0 Å². The summed E-state index contributed by atoms with van der Waals surface area (Å²) in [5.74, 6) is -0.290. The molecule has 0 saturated carbocycles. The van der Waals surface area contributed by atoms with Crippen LogP contribution in [0.3, 0.4) is 0 Å². The molecule has 2 amide bonds.